The molecule has 0 radical (unpaired) electrons. The highest BCUT2D eigenvalue weighted by molar-refractivity contribution is 5.93. The number of hydrogen-bond acceptors (Lipinski definition) is 6. The highest BCUT2D eigenvalue weighted by Gasteiger charge is 2.31. The molecule has 176 valence electrons. The SMILES string of the molecule is COc1cc2c(cc1OC)C(c1ccccc1)N(CC(=O)Nc1cccc([N+](=O)[O-])c1C)CC2. The molecule has 0 saturated heterocycles. The van der Waals surface area contributed by atoms with E-state index in [0.717, 1.165) is 23.1 Å². The molecule has 1 heterocycles. The first-order valence-corrected chi connectivity index (χ1v) is 11.0. The van der Waals surface area contributed by atoms with E-state index >= 15 is 0 Å². The Morgan fingerprint density at radius 1 is 1.09 bits per heavy atom. The maximum Gasteiger partial charge on any atom is 0.274 e. The normalized spacial score (nSPS) is 15.3. The van der Waals surface area contributed by atoms with Crippen LogP contribution in [0.2, 0.25) is 0 Å². The van der Waals surface area contributed by atoms with E-state index in [9.17, 15) is 14.9 Å². The minimum Gasteiger partial charge on any atom is -0.493 e. The number of amides is 1. The van der Waals surface area contributed by atoms with E-state index in [1.165, 1.54) is 6.07 Å². The van der Waals surface area contributed by atoms with Gasteiger partial charge in [-0.25, -0.2) is 0 Å². The average Bonchev–Trinajstić information content (AvgIpc) is 2.84. The van der Waals surface area contributed by atoms with Crippen molar-refractivity contribution in [3.05, 3.63) is 93.0 Å². The second-order valence-electron chi connectivity index (χ2n) is 8.19. The second kappa shape index (κ2) is 9.93. The Hall–Kier alpha value is -3.91. The number of nitro benzene ring substituents is 1. The molecule has 1 amide bonds. The summed E-state index contributed by atoms with van der Waals surface area (Å²) in [6.07, 6.45) is 0.752. The van der Waals surface area contributed by atoms with Gasteiger partial charge in [-0.2, -0.15) is 0 Å². The van der Waals surface area contributed by atoms with Crippen LogP contribution in [0, 0.1) is 17.0 Å². The smallest absolute Gasteiger partial charge is 0.274 e. The van der Waals surface area contributed by atoms with Crippen molar-refractivity contribution in [3.8, 4) is 11.5 Å². The summed E-state index contributed by atoms with van der Waals surface area (Å²) in [6.45, 7) is 2.44. The lowest BCUT2D eigenvalue weighted by Crippen LogP contribution is -2.41. The molecule has 4 rings (SSSR count). The van der Waals surface area contributed by atoms with E-state index in [-0.39, 0.29) is 24.2 Å². The third-order valence-electron chi connectivity index (χ3n) is 6.21. The quantitative estimate of drug-likeness (QED) is 0.411. The van der Waals surface area contributed by atoms with Gasteiger partial charge in [0.05, 0.1) is 43.0 Å². The Morgan fingerprint density at radius 3 is 2.47 bits per heavy atom. The van der Waals surface area contributed by atoms with Crippen LogP contribution in [-0.2, 0) is 11.2 Å². The summed E-state index contributed by atoms with van der Waals surface area (Å²) in [5.41, 5.74) is 4.13. The van der Waals surface area contributed by atoms with Crippen molar-refractivity contribution in [2.24, 2.45) is 0 Å². The van der Waals surface area contributed by atoms with Gasteiger partial charge in [-0.05, 0) is 48.2 Å². The predicted molar refractivity (Wildman–Crippen MR) is 130 cm³/mol. The maximum atomic E-state index is 13.1. The zero-order valence-electron chi connectivity index (χ0n) is 19.4. The number of nitrogens with one attached hydrogen (secondary N) is 1. The lowest BCUT2D eigenvalue weighted by molar-refractivity contribution is -0.385. The molecular weight excluding hydrogens is 434 g/mol. The molecule has 1 atom stereocenters. The molecular formula is C26H27N3O5. The molecule has 0 spiro atoms. The Kier molecular flexibility index (Phi) is 6.79. The molecule has 0 fully saturated rings. The molecule has 3 aromatic rings. The number of carbonyl (C=O) groups is 1. The van der Waals surface area contributed by atoms with E-state index in [0.29, 0.717) is 29.3 Å². The summed E-state index contributed by atoms with van der Waals surface area (Å²) in [5.74, 6) is 1.09. The third-order valence-corrected chi connectivity index (χ3v) is 6.21. The van der Waals surface area contributed by atoms with Crippen LogP contribution in [-0.4, -0.2) is 43.0 Å². The second-order valence-corrected chi connectivity index (χ2v) is 8.19. The summed E-state index contributed by atoms with van der Waals surface area (Å²) < 4.78 is 11.0. The number of benzene rings is 3. The number of ether oxygens (including phenoxy) is 2. The summed E-state index contributed by atoms with van der Waals surface area (Å²) >= 11 is 0. The standard InChI is InChI=1S/C26H27N3O5/c1-17-21(10-7-11-22(17)29(31)32)27-25(30)16-28-13-12-19-14-23(33-2)24(34-3)15-20(19)26(28)18-8-5-4-6-9-18/h4-11,14-15,26H,12-13,16H2,1-3H3,(H,27,30). The van der Waals surface area contributed by atoms with Gasteiger partial charge in [-0.1, -0.05) is 36.4 Å². The Morgan fingerprint density at radius 2 is 1.79 bits per heavy atom. The molecule has 1 N–H and O–H groups in total. The summed E-state index contributed by atoms with van der Waals surface area (Å²) in [7, 11) is 3.23. The number of methoxy groups -OCH3 is 2. The van der Waals surface area contributed by atoms with Crippen molar-refractivity contribution < 1.29 is 19.2 Å². The van der Waals surface area contributed by atoms with E-state index in [1.807, 2.05) is 42.5 Å². The van der Waals surface area contributed by atoms with Crippen molar-refractivity contribution in [2.45, 2.75) is 19.4 Å². The molecule has 34 heavy (non-hydrogen) atoms. The summed E-state index contributed by atoms with van der Waals surface area (Å²) in [4.78, 5) is 26.0. The van der Waals surface area contributed by atoms with Crippen LogP contribution in [0.3, 0.4) is 0 Å². The fraction of sp³-hybridized carbons (Fsp3) is 0.269. The van der Waals surface area contributed by atoms with E-state index in [2.05, 4.69) is 10.2 Å². The molecule has 1 unspecified atom stereocenters. The van der Waals surface area contributed by atoms with Gasteiger partial charge in [0.2, 0.25) is 5.91 Å². The first-order chi connectivity index (χ1) is 16.4. The van der Waals surface area contributed by atoms with E-state index in [4.69, 9.17) is 9.47 Å². The zero-order valence-corrected chi connectivity index (χ0v) is 19.4. The fourth-order valence-corrected chi connectivity index (χ4v) is 4.52. The van der Waals surface area contributed by atoms with Gasteiger partial charge in [-0.3, -0.25) is 19.8 Å². The first-order valence-electron chi connectivity index (χ1n) is 11.0. The topological polar surface area (TPSA) is 93.9 Å². The Balaban J connectivity index is 1.65. The monoisotopic (exact) mass is 461 g/mol. The van der Waals surface area contributed by atoms with Gasteiger partial charge >= 0.3 is 0 Å². The summed E-state index contributed by atoms with van der Waals surface area (Å²) in [6, 6.07) is 18.5. The van der Waals surface area contributed by atoms with Crippen LogP contribution in [0.25, 0.3) is 0 Å². The van der Waals surface area contributed by atoms with Gasteiger partial charge in [0.25, 0.3) is 5.69 Å². The Bertz CT molecular complexity index is 1210. The van der Waals surface area contributed by atoms with Crippen LogP contribution in [0.1, 0.15) is 28.3 Å². The van der Waals surface area contributed by atoms with Gasteiger partial charge in [0.1, 0.15) is 0 Å². The molecule has 1 aliphatic heterocycles. The van der Waals surface area contributed by atoms with Gasteiger partial charge in [0, 0.05) is 12.6 Å². The van der Waals surface area contributed by atoms with Gasteiger partial charge in [-0.15, -0.1) is 0 Å². The van der Waals surface area contributed by atoms with Crippen molar-refractivity contribution >= 4 is 17.3 Å². The molecule has 8 nitrogen and oxygen atoms in total. The minimum absolute atomic E-state index is 0.0205. The molecule has 0 bridgehead atoms. The van der Waals surface area contributed by atoms with Crippen LogP contribution in [0.4, 0.5) is 11.4 Å². The van der Waals surface area contributed by atoms with Crippen molar-refractivity contribution in [3.63, 3.8) is 0 Å². The van der Waals surface area contributed by atoms with Crippen molar-refractivity contribution in [1.82, 2.24) is 4.90 Å². The molecule has 0 aliphatic carbocycles. The van der Waals surface area contributed by atoms with E-state index in [1.54, 1.807) is 33.3 Å². The number of hydrogen-bond donors (Lipinski definition) is 1. The molecule has 3 aromatic carbocycles. The lowest BCUT2D eigenvalue weighted by Gasteiger charge is -2.37. The Labute approximate surface area is 198 Å². The molecule has 1 aliphatic rings. The van der Waals surface area contributed by atoms with Gasteiger partial charge in [0.15, 0.2) is 11.5 Å². The predicted octanol–water partition coefficient (Wildman–Crippen LogP) is 4.51. The van der Waals surface area contributed by atoms with Crippen LogP contribution >= 0.6 is 0 Å². The lowest BCUT2D eigenvalue weighted by atomic mass is 9.87. The van der Waals surface area contributed by atoms with Crippen molar-refractivity contribution in [1.29, 1.82) is 0 Å². The zero-order chi connectivity index (χ0) is 24.2. The summed E-state index contributed by atoms with van der Waals surface area (Å²) in [5, 5.41) is 14.1. The number of nitrogens with zero attached hydrogens (tertiary/aromatic N) is 2. The first kappa shape index (κ1) is 23.3. The molecule has 8 heteroatoms. The van der Waals surface area contributed by atoms with Crippen LogP contribution in [0.15, 0.2) is 60.7 Å². The number of rotatable bonds is 7. The average molecular weight is 462 g/mol. The maximum absolute atomic E-state index is 13.1. The van der Waals surface area contributed by atoms with Crippen LogP contribution < -0.4 is 14.8 Å². The number of anilines is 1. The molecule has 0 aromatic heterocycles. The van der Waals surface area contributed by atoms with Crippen LogP contribution in [0.5, 0.6) is 11.5 Å². The third kappa shape index (κ3) is 4.58. The number of fused-ring (bicyclic) bond motifs is 1. The highest BCUT2D eigenvalue weighted by atomic mass is 16.6. The minimum atomic E-state index is -0.445. The van der Waals surface area contributed by atoms with Gasteiger partial charge < -0.3 is 14.8 Å². The fourth-order valence-electron chi connectivity index (χ4n) is 4.52. The number of nitro groups is 1. The number of carbonyl (C=O) groups excluding carboxylic acids is 1. The van der Waals surface area contributed by atoms with Crippen molar-refractivity contribution in [2.75, 3.05) is 32.6 Å². The highest BCUT2D eigenvalue weighted by Crippen LogP contribution is 2.41. The van der Waals surface area contributed by atoms with E-state index < -0.39 is 4.92 Å². The largest absolute Gasteiger partial charge is 0.493 e. The molecule has 0 saturated carbocycles.